The van der Waals surface area contributed by atoms with Gasteiger partial charge in [0.2, 0.25) is 11.8 Å². The highest BCUT2D eigenvalue weighted by molar-refractivity contribution is 5.89. The first kappa shape index (κ1) is 13.1. The molecule has 0 spiro atoms. The van der Waals surface area contributed by atoms with E-state index in [0.29, 0.717) is 25.4 Å². The SMILES string of the molecule is CCN1CC(C(=O)N2CC(c3cccnc3)C2)CC1=O. The van der Waals surface area contributed by atoms with Crippen LogP contribution in [-0.2, 0) is 9.59 Å². The van der Waals surface area contributed by atoms with Crippen molar-refractivity contribution in [1.82, 2.24) is 14.8 Å². The molecule has 0 aliphatic carbocycles. The first-order valence-corrected chi connectivity index (χ1v) is 7.15. The number of aromatic nitrogens is 1. The Balaban J connectivity index is 1.55. The summed E-state index contributed by atoms with van der Waals surface area (Å²) >= 11 is 0. The number of pyridine rings is 1. The van der Waals surface area contributed by atoms with Gasteiger partial charge in [0.05, 0.1) is 5.92 Å². The van der Waals surface area contributed by atoms with E-state index >= 15 is 0 Å². The lowest BCUT2D eigenvalue weighted by atomic mass is 9.91. The maximum atomic E-state index is 12.3. The molecule has 5 nitrogen and oxygen atoms in total. The number of hydrogen-bond acceptors (Lipinski definition) is 3. The van der Waals surface area contributed by atoms with Gasteiger partial charge < -0.3 is 9.80 Å². The van der Waals surface area contributed by atoms with Gasteiger partial charge in [-0.05, 0) is 18.6 Å². The van der Waals surface area contributed by atoms with Crippen molar-refractivity contribution < 1.29 is 9.59 Å². The van der Waals surface area contributed by atoms with Crippen LogP contribution >= 0.6 is 0 Å². The zero-order valence-corrected chi connectivity index (χ0v) is 11.7. The van der Waals surface area contributed by atoms with Crippen molar-refractivity contribution in [3.05, 3.63) is 30.1 Å². The molecule has 5 heteroatoms. The molecule has 1 aromatic heterocycles. The van der Waals surface area contributed by atoms with Crippen LogP contribution in [0.4, 0.5) is 0 Å². The van der Waals surface area contributed by atoms with Gasteiger partial charge >= 0.3 is 0 Å². The van der Waals surface area contributed by atoms with Crippen molar-refractivity contribution in [3.8, 4) is 0 Å². The van der Waals surface area contributed by atoms with E-state index in [1.165, 1.54) is 5.56 Å². The summed E-state index contributed by atoms with van der Waals surface area (Å²) in [4.78, 5) is 31.8. The summed E-state index contributed by atoms with van der Waals surface area (Å²) in [6, 6.07) is 3.98. The molecule has 1 atom stereocenters. The van der Waals surface area contributed by atoms with Gasteiger partial charge in [0, 0.05) is 50.9 Å². The van der Waals surface area contributed by atoms with Gasteiger partial charge in [-0.3, -0.25) is 14.6 Å². The Morgan fingerprint density at radius 3 is 2.80 bits per heavy atom. The van der Waals surface area contributed by atoms with E-state index in [2.05, 4.69) is 11.1 Å². The first-order valence-electron chi connectivity index (χ1n) is 7.15. The summed E-state index contributed by atoms with van der Waals surface area (Å²) in [5.41, 5.74) is 1.19. The van der Waals surface area contributed by atoms with Crippen LogP contribution in [0.15, 0.2) is 24.5 Å². The zero-order valence-electron chi connectivity index (χ0n) is 11.7. The van der Waals surface area contributed by atoms with Crippen LogP contribution in [-0.4, -0.2) is 52.8 Å². The van der Waals surface area contributed by atoms with Gasteiger partial charge in [-0.1, -0.05) is 6.07 Å². The molecule has 0 radical (unpaired) electrons. The molecule has 20 heavy (non-hydrogen) atoms. The van der Waals surface area contributed by atoms with Crippen LogP contribution in [0.3, 0.4) is 0 Å². The van der Waals surface area contributed by atoms with Crippen molar-refractivity contribution in [3.63, 3.8) is 0 Å². The lowest BCUT2D eigenvalue weighted by molar-refractivity contribution is -0.140. The summed E-state index contributed by atoms with van der Waals surface area (Å²) in [5.74, 6) is 0.494. The number of nitrogens with zero attached hydrogens (tertiary/aromatic N) is 3. The summed E-state index contributed by atoms with van der Waals surface area (Å²) in [7, 11) is 0. The number of carbonyl (C=O) groups is 2. The van der Waals surface area contributed by atoms with Gasteiger partial charge in [-0.15, -0.1) is 0 Å². The van der Waals surface area contributed by atoms with Gasteiger partial charge in [0.15, 0.2) is 0 Å². The number of amides is 2. The fourth-order valence-electron chi connectivity index (χ4n) is 2.99. The topological polar surface area (TPSA) is 53.5 Å². The second-order valence-electron chi connectivity index (χ2n) is 5.56. The monoisotopic (exact) mass is 273 g/mol. The molecule has 0 saturated carbocycles. The molecule has 1 aromatic rings. The van der Waals surface area contributed by atoms with E-state index in [-0.39, 0.29) is 17.7 Å². The lowest BCUT2D eigenvalue weighted by Crippen LogP contribution is -2.51. The molecule has 0 bridgehead atoms. The number of carbonyl (C=O) groups excluding carboxylic acids is 2. The summed E-state index contributed by atoms with van der Waals surface area (Å²) < 4.78 is 0. The van der Waals surface area contributed by atoms with Gasteiger partial charge in [-0.25, -0.2) is 0 Å². The molecule has 2 fully saturated rings. The normalized spacial score (nSPS) is 23.1. The van der Waals surface area contributed by atoms with Crippen molar-refractivity contribution in [2.75, 3.05) is 26.2 Å². The fraction of sp³-hybridized carbons (Fsp3) is 0.533. The fourth-order valence-corrected chi connectivity index (χ4v) is 2.99. The smallest absolute Gasteiger partial charge is 0.228 e. The molecule has 2 aliphatic rings. The van der Waals surface area contributed by atoms with Crippen molar-refractivity contribution >= 4 is 11.8 Å². The van der Waals surface area contributed by atoms with E-state index in [1.54, 1.807) is 11.1 Å². The van der Waals surface area contributed by atoms with Crippen molar-refractivity contribution in [2.24, 2.45) is 5.92 Å². The molecule has 1 unspecified atom stereocenters. The molecule has 106 valence electrons. The Labute approximate surface area is 118 Å². The Morgan fingerprint density at radius 1 is 1.40 bits per heavy atom. The van der Waals surface area contributed by atoms with Crippen molar-refractivity contribution in [2.45, 2.75) is 19.3 Å². The molecular weight excluding hydrogens is 254 g/mol. The van der Waals surface area contributed by atoms with Crippen LogP contribution in [0.25, 0.3) is 0 Å². The van der Waals surface area contributed by atoms with E-state index in [4.69, 9.17) is 0 Å². The molecule has 0 N–H and O–H groups in total. The minimum absolute atomic E-state index is 0.107. The van der Waals surface area contributed by atoms with Crippen LogP contribution < -0.4 is 0 Å². The Kier molecular flexibility index (Phi) is 3.42. The zero-order chi connectivity index (χ0) is 14.1. The van der Waals surface area contributed by atoms with E-state index in [9.17, 15) is 9.59 Å². The maximum Gasteiger partial charge on any atom is 0.228 e. The minimum Gasteiger partial charge on any atom is -0.342 e. The first-order chi connectivity index (χ1) is 9.69. The van der Waals surface area contributed by atoms with Crippen LogP contribution in [0.5, 0.6) is 0 Å². The van der Waals surface area contributed by atoms with E-state index < -0.39 is 0 Å². The average molecular weight is 273 g/mol. The highest BCUT2D eigenvalue weighted by atomic mass is 16.2. The molecule has 0 aromatic carbocycles. The van der Waals surface area contributed by atoms with Gasteiger partial charge in [-0.2, -0.15) is 0 Å². The number of hydrogen-bond donors (Lipinski definition) is 0. The van der Waals surface area contributed by atoms with E-state index in [0.717, 1.165) is 13.1 Å². The van der Waals surface area contributed by atoms with Gasteiger partial charge in [0.25, 0.3) is 0 Å². The summed E-state index contributed by atoms with van der Waals surface area (Å²) in [6.45, 7) is 4.73. The molecular formula is C15H19N3O2. The maximum absolute atomic E-state index is 12.3. The second kappa shape index (κ2) is 5.23. The molecule has 3 rings (SSSR count). The summed E-state index contributed by atoms with van der Waals surface area (Å²) in [5, 5.41) is 0. The average Bonchev–Trinajstić information content (AvgIpc) is 2.79. The van der Waals surface area contributed by atoms with Crippen LogP contribution in [0, 0.1) is 5.92 Å². The predicted octanol–water partition coefficient (Wildman–Crippen LogP) is 0.876. The highest BCUT2D eigenvalue weighted by Crippen LogP contribution is 2.29. The molecule has 2 aliphatic heterocycles. The largest absolute Gasteiger partial charge is 0.342 e. The summed E-state index contributed by atoms with van der Waals surface area (Å²) in [6.07, 6.45) is 4.00. The molecule has 2 amide bonds. The quantitative estimate of drug-likeness (QED) is 0.821. The standard InChI is InChI=1S/C15H19N3O2/c1-2-17-8-12(6-14(17)19)15(20)18-9-13(10-18)11-4-3-5-16-7-11/h3-5,7,12-13H,2,6,8-10H2,1H3. The number of likely N-dealkylation sites (tertiary alicyclic amines) is 2. The van der Waals surface area contributed by atoms with E-state index in [1.807, 2.05) is 24.1 Å². The van der Waals surface area contributed by atoms with Crippen LogP contribution in [0.1, 0.15) is 24.8 Å². The third-order valence-electron chi connectivity index (χ3n) is 4.29. The van der Waals surface area contributed by atoms with Gasteiger partial charge in [0.1, 0.15) is 0 Å². The Morgan fingerprint density at radius 2 is 2.20 bits per heavy atom. The third kappa shape index (κ3) is 2.28. The predicted molar refractivity (Wildman–Crippen MR) is 73.9 cm³/mol. The molecule has 3 heterocycles. The lowest BCUT2D eigenvalue weighted by Gasteiger charge is -2.40. The van der Waals surface area contributed by atoms with Crippen molar-refractivity contribution in [1.29, 1.82) is 0 Å². The molecule has 2 saturated heterocycles. The Bertz CT molecular complexity index is 511. The van der Waals surface area contributed by atoms with Crippen LogP contribution in [0.2, 0.25) is 0 Å². The number of rotatable bonds is 3. The highest BCUT2D eigenvalue weighted by Gasteiger charge is 2.40. The minimum atomic E-state index is -0.141. The Hall–Kier alpha value is -1.91. The third-order valence-corrected chi connectivity index (χ3v) is 4.29. The second-order valence-corrected chi connectivity index (χ2v) is 5.56.